The van der Waals surface area contributed by atoms with Crippen LogP contribution < -0.4 is 5.32 Å². The van der Waals surface area contributed by atoms with E-state index in [2.05, 4.69) is 17.3 Å². The van der Waals surface area contributed by atoms with Crippen LogP contribution in [0.4, 0.5) is 0 Å². The lowest BCUT2D eigenvalue weighted by Crippen LogP contribution is -2.44. The summed E-state index contributed by atoms with van der Waals surface area (Å²) in [6, 6.07) is 2.00. The summed E-state index contributed by atoms with van der Waals surface area (Å²) in [5.74, 6) is 0.327. The van der Waals surface area contributed by atoms with Crippen molar-refractivity contribution in [1.29, 1.82) is 0 Å². The molecule has 0 amide bonds. The number of rotatable bonds is 3. The van der Waals surface area contributed by atoms with Gasteiger partial charge >= 0.3 is 0 Å². The molecule has 1 aliphatic heterocycles. The average Bonchev–Trinajstić information content (AvgIpc) is 2.58. The molecule has 0 saturated carbocycles. The Hall–Kier alpha value is -1.16. The lowest BCUT2D eigenvalue weighted by Gasteiger charge is -2.32. The second-order valence-corrected chi connectivity index (χ2v) is 5.34. The number of hydrogen-bond acceptors (Lipinski definition) is 3. The van der Waals surface area contributed by atoms with E-state index in [1.54, 1.807) is 0 Å². The minimum absolute atomic E-state index is 0.198. The molecule has 0 spiro atoms. The highest BCUT2D eigenvalue weighted by atomic mass is 16.1. The van der Waals surface area contributed by atoms with Crippen LogP contribution in [0.1, 0.15) is 31.2 Å². The summed E-state index contributed by atoms with van der Waals surface area (Å²) in [5, 5.41) is 7.60. The van der Waals surface area contributed by atoms with Gasteiger partial charge in [-0.1, -0.05) is 6.92 Å². The number of nitrogens with one attached hydrogen (secondary N) is 1. The third kappa shape index (κ3) is 2.57. The number of hydrogen-bond donors (Lipinski definition) is 1. The van der Waals surface area contributed by atoms with Crippen LogP contribution in [0.2, 0.25) is 0 Å². The number of carbonyl (C=O) groups excluding carboxylic acids is 1. The largest absolute Gasteiger partial charge is 0.316 e. The van der Waals surface area contributed by atoms with Crippen molar-refractivity contribution in [2.45, 2.75) is 33.1 Å². The van der Waals surface area contributed by atoms with Crippen molar-refractivity contribution in [2.75, 3.05) is 13.1 Å². The summed E-state index contributed by atoms with van der Waals surface area (Å²) in [6.45, 7) is 5.87. The molecule has 2 heterocycles. The van der Waals surface area contributed by atoms with Crippen molar-refractivity contribution in [3.05, 3.63) is 17.5 Å². The molecule has 1 aromatic rings. The van der Waals surface area contributed by atoms with Crippen molar-refractivity contribution in [2.24, 2.45) is 12.5 Å². The van der Waals surface area contributed by atoms with Crippen LogP contribution >= 0.6 is 0 Å². The number of aryl methyl sites for hydroxylation is 2. The predicted molar refractivity (Wildman–Crippen MR) is 66.9 cm³/mol. The Morgan fingerprint density at radius 1 is 1.65 bits per heavy atom. The SMILES string of the molecule is Cc1cc(CC(=O)C2(C)CCCNC2)n(C)n1. The molecule has 4 heteroatoms. The molecule has 1 N–H and O–H groups in total. The fourth-order valence-corrected chi connectivity index (χ4v) is 2.50. The van der Waals surface area contributed by atoms with E-state index in [1.165, 1.54) is 0 Å². The van der Waals surface area contributed by atoms with E-state index in [4.69, 9.17) is 0 Å². The van der Waals surface area contributed by atoms with Gasteiger partial charge in [0.05, 0.1) is 5.69 Å². The minimum Gasteiger partial charge on any atom is -0.316 e. The molecule has 2 rings (SSSR count). The fourth-order valence-electron chi connectivity index (χ4n) is 2.50. The molecule has 1 atom stereocenters. The maximum atomic E-state index is 12.4. The maximum absolute atomic E-state index is 12.4. The molecule has 1 aliphatic rings. The summed E-state index contributed by atoms with van der Waals surface area (Å²) in [6.07, 6.45) is 2.58. The molecule has 4 nitrogen and oxygen atoms in total. The first-order valence-corrected chi connectivity index (χ1v) is 6.25. The van der Waals surface area contributed by atoms with E-state index in [1.807, 2.05) is 24.7 Å². The lowest BCUT2D eigenvalue weighted by atomic mass is 9.77. The Labute approximate surface area is 102 Å². The van der Waals surface area contributed by atoms with Crippen LogP contribution in [0, 0.1) is 12.3 Å². The van der Waals surface area contributed by atoms with E-state index in [0.717, 1.165) is 37.3 Å². The van der Waals surface area contributed by atoms with Gasteiger partial charge in [0.2, 0.25) is 0 Å². The van der Waals surface area contributed by atoms with Gasteiger partial charge in [-0.15, -0.1) is 0 Å². The van der Waals surface area contributed by atoms with Gasteiger partial charge in [-0.3, -0.25) is 9.48 Å². The minimum atomic E-state index is -0.198. The summed E-state index contributed by atoms with van der Waals surface area (Å²) in [4.78, 5) is 12.4. The summed E-state index contributed by atoms with van der Waals surface area (Å²) in [7, 11) is 1.90. The smallest absolute Gasteiger partial charge is 0.145 e. The lowest BCUT2D eigenvalue weighted by molar-refractivity contribution is -0.128. The van der Waals surface area contributed by atoms with Crippen LogP contribution in [0.15, 0.2) is 6.07 Å². The predicted octanol–water partition coefficient (Wildman–Crippen LogP) is 1.23. The van der Waals surface area contributed by atoms with Gasteiger partial charge in [-0.25, -0.2) is 0 Å². The number of piperidine rings is 1. The van der Waals surface area contributed by atoms with E-state index < -0.39 is 0 Å². The number of carbonyl (C=O) groups is 1. The monoisotopic (exact) mass is 235 g/mol. The number of nitrogens with zero attached hydrogens (tertiary/aromatic N) is 2. The number of ketones is 1. The van der Waals surface area contributed by atoms with Crippen LogP contribution in [0.5, 0.6) is 0 Å². The third-order valence-electron chi connectivity index (χ3n) is 3.71. The highest BCUT2D eigenvalue weighted by Crippen LogP contribution is 2.28. The first kappa shape index (κ1) is 12.3. The Morgan fingerprint density at radius 2 is 2.41 bits per heavy atom. The molecular weight excluding hydrogens is 214 g/mol. The zero-order valence-corrected chi connectivity index (χ0v) is 10.9. The maximum Gasteiger partial charge on any atom is 0.145 e. The number of aromatic nitrogens is 2. The van der Waals surface area contributed by atoms with Crippen molar-refractivity contribution in [1.82, 2.24) is 15.1 Å². The zero-order chi connectivity index (χ0) is 12.5. The summed E-state index contributed by atoms with van der Waals surface area (Å²) < 4.78 is 1.81. The van der Waals surface area contributed by atoms with Gasteiger partial charge in [-0.05, 0) is 32.4 Å². The molecule has 17 heavy (non-hydrogen) atoms. The van der Waals surface area contributed by atoms with Crippen molar-refractivity contribution in [3.63, 3.8) is 0 Å². The average molecular weight is 235 g/mol. The van der Waals surface area contributed by atoms with Crippen molar-refractivity contribution >= 4 is 5.78 Å². The van der Waals surface area contributed by atoms with Crippen LogP contribution in [-0.2, 0) is 18.3 Å². The fraction of sp³-hybridized carbons (Fsp3) is 0.692. The number of Topliss-reactive ketones (excluding diaryl/α,β-unsaturated/α-hetero) is 1. The second-order valence-electron chi connectivity index (χ2n) is 5.34. The van der Waals surface area contributed by atoms with Gasteiger partial charge in [0, 0.05) is 31.1 Å². The first-order chi connectivity index (χ1) is 8.01. The zero-order valence-electron chi connectivity index (χ0n) is 10.9. The molecule has 1 fully saturated rings. The standard InChI is InChI=1S/C13H21N3O/c1-10-7-11(16(3)15-10)8-12(17)13(2)5-4-6-14-9-13/h7,14H,4-6,8-9H2,1-3H3. The highest BCUT2D eigenvalue weighted by Gasteiger charge is 2.34. The van der Waals surface area contributed by atoms with Crippen LogP contribution in [-0.4, -0.2) is 28.7 Å². The van der Waals surface area contributed by atoms with Crippen LogP contribution in [0.3, 0.4) is 0 Å². The van der Waals surface area contributed by atoms with E-state index in [0.29, 0.717) is 12.2 Å². The normalized spacial score (nSPS) is 24.9. The second kappa shape index (κ2) is 4.61. The quantitative estimate of drug-likeness (QED) is 0.857. The van der Waals surface area contributed by atoms with Gasteiger partial charge in [0.1, 0.15) is 5.78 Å². The van der Waals surface area contributed by atoms with E-state index in [-0.39, 0.29) is 5.41 Å². The Kier molecular flexibility index (Phi) is 3.33. The molecular formula is C13H21N3O. The third-order valence-corrected chi connectivity index (χ3v) is 3.71. The molecule has 1 saturated heterocycles. The molecule has 0 aromatic carbocycles. The molecule has 1 aromatic heterocycles. The molecule has 1 unspecified atom stereocenters. The van der Waals surface area contributed by atoms with Gasteiger partial charge in [0.15, 0.2) is 0 Å². The van der Waals surface area contributed by atoms with Crippen molar-refractivity contribution < 1.29 is 4.79 Å². The Bertz CT molecular complexity index is 416. The molecule has 0 bridgehead atoms. The topological polar surface area (TPSA) is 46.9 Å². The molecule has 0 aliphatic carbocycles. The molecule has 94 valence electrons. The highest BCUT2D eigenvalue weighted by molar-refractivity contribution is 5.86. The molecule has 0 radical (unpaired) electrons. The van der Waals surface area contributed by atoms with Crippen molar-refractivity contribution in [3.8, 4) is 0 Å². The summed E-state index contributed by atoms with van der Waals surface area (Å²) >= 11 is 0. The van der Waals surface area contributed by atoms with E-state index in [9.17, 15) is 4.79 Å². The first-order valence-electron chi connectivity index (χ1n) is 6.25. The summed E-state index contributed by atoms with van der Waals surface area (Å²) in [5.41, 5.74) is 1.79. The Balaban J connectivity index is 2.08. The van der Waals surface area contributed by atoms with Gasteiger partial charge < -0.3 is 5.32 Å². The van der Waals surface area contributed by atoms with E-state index >= 15 is 0 Å². The Morgan fingerprint density at radius 3 is 2.94 bits per heavy atom. The van der Waals surface area contributed by atoms with Gasteiger partial charge in [-0.2, -0.15) is 5.10 Å². The van der Waals surface area contributed by atoms with Crippen LogP contribution in [0.25, 0.3) is 0 Å². The van der Waals surface area contributed by atoms with Gasteiger partial charge in [0.25, 0.3) is 0 Å².